The number of hydrogen-bond donors (Lipinski definition) is 2. The van der Waals surface area contributed by atoms with E-state index in [4.69, 9.17) is 4.74 Å². The molecule has 0 aromatic carbocycles. The summed E-state index contributed by atoms with van der Waals surface area (Å²) in [5, 5.41) is 6.46. The Kier molecular flexibility index (Phi) is 7.58. The van der Waals surface area contributed by atoms with E-state index >= 15 is 0 Å². The minimum absolute atomic E-state index is 0.694. The van der Waals surface area contributed by atoms with Gasteiger partial charge in [0.2, 0.25) is 0 Å². The van der Waals surface area contributed by atoms with E-state index in [1.165, 1.54) is 5.56 Å². The van der Waals surface area contributed by atoms with Gasteiger partial charge in [-0.15, -0.1) is 0 Å². The topological polar surface area (TPSA) is 58.5 Å². The zero-order valence-electron chi connectivity index (χ0n) is 12.1. The first-order valence-electron chi connectivity index (χ1n) is 6.70. The first-order chi connectivity index (χ1) is 9.26. The van der Waals surface area contributed by atoms with Crippen molar-refractivity contribution in [2.45, 2.75) is 20.3 Å². The molecule has 2 N–H and O–H groups in total. The Morgan fingerprint density at radius 2 is 2.11 bits per heavy atom. The number of aliphatic imine (C=N–C) groups is 1. The average molecular weight is 264 g/mol. The Balaban J connectivity index is 2.20. The largest absolute Gasteiger partial charge is 0.380 e. The Morgan fingerprint density at radius 1 is 1.32 bits per heavy atom. The molecule has 0 saturated carbocycles. The molecule has 1 rings (SSSR count). The lowest BCUT2D eigenvalue weighted by molar-refractivity contribution is 0.152. The molecule has 0 aliphatic heterocycles. The summed E-state index contributed by atoms with van der Waals surface area (Å²) in [4.78, 5) is 8.43. The molecule has 0 fully saturated rings. The fraction of sp³-hybridized carbons (Fsp3) is 0.571. The highest BCUT2D eigenvalue weighted by Gasteiger charge is 1.98. The smallest absolute Gasteiger partial charge is 0.191 e. The molecule has 0 unspecified atom stereocenters. The first-order valence-corrected chi connectivity index (χ1v) is 6.70. The molecule has 1 heterocycles. The summed E-state index contributed by atoms with van der Waals surface area (Å²) in [6, 6.07) is 4.14. The van der Waals surface area contributed by atoms with Crippen molar-refractivity contribution in [2.24, 2.45) is 4.99 Å². The van der Waals surface area contributed by atoms with Crippen molar-refractivity contribution in [1.29, 1.82) is 0 Å². The summed E-state index contributed by atoms with van der Waals surface area (Å²) in [5.74, 6) is 0.805. The number of aromatic nitrogens is 1. The Labute approximate surface area is 115 Å². The molecule has 0 amide bonds. The van der Waals surface area contributed by atoms with E-state index in [2.05, 4.69) is 26.7 Å². The minimum Gasteiger partial charge on any atom is -0.380 e. The number of nitrogens with zero attached hydrogens (tertiary/aromatic N) is 2. The van der Waals surface area contributed by atoms with Gasteiger partial charge in [0.05, 0.1) is 6.61 Å². The molecule has 0 bridgehead atoms. The molecule has 0 aliphatic rings. The van der Waals surface area contributed by atoms with Gasteiger partial charge in [0.15, 0.2) is 5.96 Å². The Bertz CT molecular complexity index is 376. The highest BCUT2D eigenvalue weighted by atomic mass is 16.5. The van der Waals surface area contributed by atoms with Gasteiger partial charge in [-0.2, -0.15) is 0 Å². The van der Waals surface area contributed by atoms with E-state index < -0.39 is 0 Å². The maximum absolute atomic E-state index is 5.26. The van der Waals surface area contributed by atoms with Crippen LogP contribution in [0.25, 0.3) is 0 Å². The summed E-state index contributed by atoms with van der Waals surface area (Å²) in [7, 11) is 1.77. The molecule has 0 spiro atoms. The third-order valence-corrected chi connectivity index (χ3v) is 2.65. The fourth-order valence-corrected chi connectivity index (χ4v) is 1.58. The van der Waals surface area contributed by atoms with E-state index in [9.17, 15) is 0 Å². The van der Waals surface area contributed by atoms with Gasteiger partial charge in [-0.3, -0.25) is 9.98 Å². The molecule has 1 aromatic heterocycles. The van der Waals surface area contributed by atoms with Crippen molar-refractivity contribution in [2.75, 3.05) is 33.4 Å². The van der Waals surface area contributed by atoms with E-state index in [1.54, 1.807) is 7.05 Å². The van der Waals surface area contributed by atoms with Crippen LogP contribution >= 0.6 is 0 Å². The molecule has 106 valence electrons. The zero-order valence-corrected chi connectivity index (χ0v) is 12.1. The maximum atomic E-state index is 5.26. The Morgan fingerprint density at radius 3 is 2.74 bits per heavy atom. The molecule has 0 saturated heterocycles. The van der Waals surface area contributed by atoms with Crippen molar-refractivity contribution < 1.29 is 4.74 Å². The van der Waals surface area contributed by atoms with E-state index in [0.29, 0.717) is 6.61 Å². The number of aryl methyl sites for hydroxylation is 1. The van der Waals surface area contributed by atoms with Crippen LogP contribution in [0.15, 0.2) is 23.3 Å². The molecular formula is C14H24N4O. The van der Waals surface area contributed by atoms with Crippen molar-refractivity contribution in [3.63, 3.8) is 0 Å². The number of guanidine groups is 1. The van der Waals surface area contributed by atoms with Gasteiger partial charge in [0.25, 0.3) is 0 Å². The highest BCUT2D eigenvalue weighted by Crippen LogP contribution is 1.99. The first kappa shape index (κ1) is 15.4. The second kappa shape index (κ2) is 9.33. The highest BCUT2D eigenvalue weighted by molar-refractivity contribution is 5.79. The van der Waals surface area contributed by atoms with E-state index in [1.807, 2.05) is 26.1 Å². The van der Waals surface area contributed by atoms with Crippen molar-refractivity contribution in [3.8, 4) is 0 Å². The van der Waals surface area contributed by atoms with Crippen LogP contribution in [0.2, 0.25) is 0 Å². The lowest BCUT2D eigenvalue weighted by Gasteiger charge is -2.11. The van der Waals surface area contributed by atoms with Crippen LogP contribution in [0, 0.1) is 6.92 Å². The Hall–Kier alpha value is -1.62. The standard InChI is InChI=1S/C14H24N4O/c1-4-19-10-9-17-14(15-3)16-8-7-13-6-5-12(2)18-11-13/h5-6,11H,4,7-10H2,1-3H3,(H2,15,16,17). The molecule has 5 heteroatoms. The molecule has 0 atom stereocenters. The average Bonchev–Trinajstić information content (AvgIpc) is 2.43. The van der Waals surface area contributed by atoms with Crippen molar-refractivity contribution in [1.82, 2.24) is 15.6 Å². The van der Waals surface area contributed by atoms with Crippen molar-refractivity contribution >= 4 is 5.96 Å². The predicted octanol–water partition coefficient (Wildman–Crippen LogP) is 1.13. The van der Waals surface area contributed by atoms with Gasteiger partial charge in [-0.25, -0.2) is 0 Å². The molecule has 0 aliphatic carbocycles. The number of ether oxygens (including phenoxy) is 1. The number of rotatable bonds is 7. The summed E-state index contributed by atoms with van der Waals surface area (Å²) in [6.45, 7) is 7.01. The SMILES string of the molecule is CCOCCNC(=NC)NCCc1ccc(C)nc1. The van der Waals surface area contributed by atoms with Crippen molar-refractivity contribution in [3.05, 3.63) is 29.6 Å². The van der Waals surface area contributed by atoms with E-state index in [-0.39, 0.29) is 0 Å². The van der Waals surface area contributed by atoms with Crippen LogP contribution < -0.4 is 10.6 Å². The van der Waals surface area contributed by atoms with Crippen LogP contribution in [-0.4, -0.2) is 44.3 Å². The fourth-order valence-electron chi connectivity index (χ4n) is 1.58. The lowest BCUT2D eigenvalue weighted by Crippen LogP contribution is -2.39. The monoisotopic (exact) mass is 264 g/mol. The molecule has 19 heavy (non-hydrogen) atoms. The number of hydrogen-bond acceptors (Lipinski definition) is 3. The van der Waals surface area contributed by atoms with Gasteiger partial charge < -0.3 is 15.4 Å². The molecule has 1 aromatic rings. The van der Waals surface area contributed by atoms with Gasteiger partial charge in [0.1, 0.15) is 0 Å². The van der Waals surface area contributed by atoms with Crippen LogP contribution in [0.1, 0.15) is 18.2 Å². The maximum Gasteiger partial charge on any atom is 0.191 e. The summed E-state index contributed by atoms with van der Waals surface area (Å²) < 4.78 is 5.26. The molecule has 5 nitrogen and oxygen atoms in total. The normalized spacial score (nSPS) is 11.4. The minimum atomic E-state index is 0.694. The number of nitrogens with one attached hydrogen (secondary N) is 2. The summed E-state index contributed by atoms with van der Waals surface area (Å²) >= 11 is 0. The van der Waals surface area contributed by atoms with Crippen LogP contribution in [0.5, 0.6) is 0 Å². The lowest BCUT2D eigenvalue weighted by atomic mass is 10.2. The third kappa shape index (κ3) is 6.76. The van der Waals surface area contributed by atoms with Gasteiger partial charge >= 0.3 is 0 Å². The quantitative estimate of drug-likeness (QED) is 0.440. The second-order valence-corrected chi connectivity index (χ2v) is 4.18. The van der Waals surface area contributed by atoms with Gasteiger partial charge in [-0.1, -0.05) is 6.07 Å². The van der Waals surface area contributed by atoms with Gasteiger partial charge in [-0.05, 0) is 31.9 Å². The molecular weight excluding hydrogens is 240 g/mol. The van der Waals surface area contributed by atoms with Crippen LogP contribution in [0.4, 0.5) is 0 Å². The second-order valence-electron chi connectivity index (χ2n) is 4.18. The summed E-state index contributed by atoms with van der Waals surface area (Å²) in [5.41, 5.74) is 2.27. The summed E-state index contributed by atoms with van der Waals surface area (Å²) in [6.07, 6.45) is 2.85. The van der Waals surface area contributed by atoms with E-state index in [0.717, 1.165) is 37.8 Å². The zero-order chi connectivity index (χ0) is 13.9. The van der Waals surface area contributed by atoms with Gasteiger partial charge in [0, 0.05) is 38.6 Å². The van der Waals surface area contributed by atoms with Crippen LogP contribution in [-0.2, 0) is 11.2 Å². The molecule has 0 radical (unpaired) electrons. The third-order valence-electron chi connectivity index (χ3n) is 2.65. The van der Waals surface area contributed by atoms with Crippen LogP contribution in [0.3, 0.4) is 0 Å². The number of pyridine rings is 1. The predicted molar refractivity (Wildman–Crippen MR) is 78.5 cm³/mol.